The van der Waals surface area contributed by atoms with E-state index in [0.717, 1.165) is 5.69 Å². The van der Waals surface area contributed by atoms with Gasteiger partial charge in [0.1, 0.15) is 5.82 Å². The van der Waals surface area contributed by atoms with Gasteiger partial charge in [0.2, 0.25) is 5.91 Å². The summed E-state index contributed by atoms with van der Waals surface area (Å²) in [6, 6.07) is 7.81. The number of hydrogen-bond donors (Lipinski definition) is 1. The van der Waals surface area contributed by atoms with Crippen LogP contribution in [0.1, 0.15) is 23.6 Å². The molecule has 0 bridgehead atoms. The van der Waals surface area contributed by atoms with Crippen molar-refractivity contribution in [2.45, 2.75) is 25.8 Å². The van der Waals surface area contributed by atoms with Gasteiger partial charge >= 0.3 is 5.97 Å². The van der Waals surface area contributed by atoms with Crippen molar-refractivity contribution in [2.24, 2.45) is 5.92 Å². The third kappa shape index (κ3) is 3.70. The summed E-state index contributed by atoms with van der Waals surface area (Å²) < 4.78 is 15.2. The van der Waals surface area contributed by atoms with Gasteiger partial charge in [-0.05, 0) is 30.7 Å². The number of hydrogen-bond acceptors (Lipinski definition) is 3. The highest BCUT2D eigenvalue weighted by Gasteiger charge is 2.40. The minimum atomic E-state index is -0.965. The third-order valence-electron chi connectivity index (χ3n) is 4.73. The quantitative estimate of drug-likeness (QED) is 0.900. The Labute approximate surface area is 144 Å². The molecule has 1 aliphatic rings. The molecular formula is C18H20FN3O3. The van der Waals surface area contributed by atoms with Crippen LogP contribution in [0, 0.1) is 18.7 Å². The van der Waals surface area contributed by atoms with E-state index in [1.54, 1.807) is 27.9 Å². The summed E-state index contributed by atoms with van der Waals surface area (Å²) in [5.74, 6) is -2.60. The van der Waals surface area contributed by atoms with Gasteiger partial charge in [-0.25, -0.2) is 4.39 Å². The Kier molecular flexibility index (Phi) is 4.83. The third-order valence-corrected chi connectivity index (χ3v) is 4.73. The van der Waals surface area contributed by atoms with Gasteiger partial charge in [-0.3, -0.25) is 14.3 Å². The second kappa shape index (κ2) is 7.04. The molecule has 0 saturated carbocycles. The highest BCUT2D eigenvalue weighted by atomic mass is 19.1. The molecule has 1 aromatic carbocycles. The number of likely N-dealkylation sites (tertiary alicyclic amines) is 1. The molecule has 2 heterocycles. The maximum absolute atomic E-state index is 13.5. The second-order valence-electron chi connectivity index (χ2n) is 6.35. The lowest BCUT2D eigenvalue weighted by molar-refractivity contribution is -0.141. The van der Waals surface area contributed by atoms with E-state index in [1.165, 1.54) is 12.1 Å². The predicted molar refractivity (Wildman–Crippen MR) is 88.4 cm³/mol. The number of rotatable bonds is 5. The van der Waals surface area contributed by atoms with Crippen molar-refractivity contribution in [1.82, 2.24) is 14.7 Å². The van der Waals surface area contributed by atoms with Crippen LogP contribution in [0.2, 0.25) is 0 Å². The van der Waals surface area contributed by atoms with Gasteiger partial charge in [0, 0.05) is 43.9 Å². The van der Waals surface area contributed by atoms with Gasteiger partial charge in [-0.15, -0.1) is 0 Å². The molecule has 1 N–H and O–H groups in total. The monoisotopic (exact) mass is 345 g/mol. The van der Waals surface area contributed by atoms with Gasteiger partial charge in [-0.1, -0.05) is 12.1 Å². The molecule has 0 aliphatic carbocycles. The van der Waals surface area contributed by atoms with Crippen molar-refractivity contribution in [3.63, 3.8) is 0 Å². The van der Waals surface area contributed by atoms with E-state index in [1.807, 2.05) is 13.0 Å². The number of aromatic nitrogens is 2. The van der Waals surface area contributed by atoms with Crippen LogP contribution in [0.3, 0.4) is 0 Å². The number of carboxylic acids is 1. The molecule has 1 saturated heterocycles. The molecule has 0 radical (unpaired) electrons. The fraction of sp³-hybridized carbons (Fsp3) is 0.389. The Hall–Kier alpha value is -2.70. The molecular weight excluding hydrogens is 325 g/mol. The fourth-order valence-corrected chi connectivity index (χ4v) is 3.33. The summed E-state index contributed by atoms with van der Waals surface area (Å²) >= 11 is 0. The van der Waals surface area contributed by atoms with E-state index in [2.05, 4.69) is 5.10 Å². The number of nitrogens with zero attached hydrogens (tertiary/aromatic N) is 3. The van der Waals surface area contributed by atoms with E-state index in [-0.39, 0.29) is 25.4 Å². The summed E-state index contributed by atoms with van der Waals surface area (Å²) in [5.41, 5.74) is 1.58. The standard InChI is InChI=1S/C18H20FN3O3/c1-12-5-7-20-22(12)8-6-17(23)21-10-15(16(11-21)18(24)25)13-3-2-4-14(19)9-13/h2-5,7,9,15-16H,6,8,10-11H2,1H3,(H,24,25). The Morgan fingerprint density at radius 1 is 1.32 bits per heavy atom. The molecule has 2 unspecified atom stereocenters. The maximum atomic E-state index is 13.5. The minimum absolute atomic E-state index is 0.111. The Morgan fingerprint density at radius 3 is 2.76 bits per heavy atom. The topological polar surface area (TPSA) is 75.4 Å². The SMILES string of the molecule is Cc1ccnn1CCC(=O)N1CC(C(=O)O)C(c2cccc(F)c2)C1. The Morgan fingerprint density at radius 2 is 2.12 bits per heavy atom. The summed E-state index contributed by atoms with van der Waals surface area (Å²) in [5, 5.41) is 13.6. The highest BCUT2D eigenvalue weighted by molar-refractivity contribution is 5.79. The number of amides is 1. The van der Waals surface area contributed by atoms with Crippen molar-refractivity contribution in [2.75, 3.05) is 13.1 Å². The van der Waals surface area contributed by atoms with Crippen molar-refractivity contribution in [3.8, 4) is 0 Å². The lowest BCUT2D eigenvalue weighted by Gasteiger charge is -2.17. The van der Waals surface area contributed by atoms with E-state index in [0.29, 0.717) is 12.1 Å². The molecule has 2 aromatic rings. The summed E-state index contributed by atoms with van der Waals surface area (Å²) in [6.45, 7) is 2.80. The number of benzene rings is 1. The van der Waals surface area contributed by atoms with Crippen LogP contribution in [-0.4, -0.2) is 44.8 Å². The van der Waals surface area contributed by atoms with Crippen LogP contribution in [0.15, 0.2) is 36.5 Å². The first kappa shape index (κ1) is 17.1. The van der Waals surface area contributed by atoms with E-state index in [9.17, 15) is 19.1 Å². The first-order chi connectivity index (χ1) is 12.0. The number of aliphatic carboxylic acids is 1. The zero-order valence-corrected chi connectivity index (χ0v) is 13.9. The molecule has 1 aliphatic heterocycles. The average molecular weight is 345 g/mol. The summed E-state index contributed by atoms with van der Waals surface area (Å²) in [6.07, 6.45) is 1.93. The van der Waals surface area contributed by atoms with Crippen molar-refractivity contribution in [1.29, 1.82) is 0 Å². The van der Waals surface area contributed by atoms with Gasteiger partial charge in [0.25, 0.3) is 0 Å². The molecule has 0 spiro atoms. The van der Waals surface area contributed by atoms with Crippen LogP contribution < -0.4 is 0 Å². The fourth-order valence-electron chi connectivity index (χ4n) is 3.33. The number of carbonyl (C=O) groups is 2. The molecule has 6 nitrogen and oxygen atoms in total. The van der Waals surface area contributed by atoms with Crippen LogP contribution in [0.4, 0.5) is 4.39 Å². The Bertz CT molecular complexity index is 789. The van der Waals surface area contributed by atoms with Gasteiger partial charge in [0.05, 0.1) is 5.92 Å². The van der Waals surface area contributed by atoms with Gasteiger partial charge in [0.15, 0.2) is 0 Å². The second-order valence-corrected chi connectivity index (χ2v) is 6.35. The van der Waals surface area contributed by atoms with Crippen LogP contribution in [0.5, 0.6) is 0 Å². The molecule has 132 valence electrons. The molecule has 1 amide bonds. The first-order valence-electron chi connectivity index (χ1n) is 8.20. The zero-order valence-electron chi connectivity index (χ0n) is 13.9. The molecule has 2 atom stereocenters. The predicted octanol–water partition coefficient (Wildman–Crippen LogP) is 2.05. The first-order valence-corrected chi connectivity index (χ1v) is 8.20. The highest BCUT2D eigenvalue weighted by Crippen LogP contribution is 2.33. The zero-order chi connectivity index (χ0) is 18.0. The van der Waals surface area contributed by atoms with Crippen LogP contribution in [0.25, 0.3) is 0 Å². The summed E-state index contributed by atoms with van der Waals surface area (Å²) in [4.78, 5) is 25.6. The van der Waals surface area contributed by atoms with Crippen LogP contribution >= 0.6 is 0 Å². The summed E-state index contributed by atoms with van der Waals surface area (Å²) in [7, 11) is 0. The number of carbonyl (C=O) groups excluding carboxylic acids is 1. The van der Waals surface area contributed by atoms with E-state index >= 15 is 0 Å². The van der Waals surface area contributed by atoms with E-state index < -0.39 is 23.6 Å². The van der Waals surface area contributed by atoms with E-state index in [4.69, 9.17) is 0 Å². The lowest BCUT2D eigenvalue weighted by atomic mass is 9.89. The Balaban J connectivity index is 1.70. The molecule has 1 fully saturated rings. The average Bonchev–Trinajstić information content (AvgIpc) is 3.19. The van der Waals surface area contributed by atoms with Gasteiger partial charge in [-0.2, -0.15) is 5.10 Å². The number of halogens is 1. The van der Waals surface area contributed by atoms with Gasteiger partial charge < -0.3 is 10.0 Å². The number of carboxylic acid groups (broad SMARTS) is 1. The smallest absolute Gasteiger partial charge is 0.308 e. The minimum Gasteiger partial charge on any atom is -0.481 e. The van der Waals surface area contributed by atoms with Crippen molar-refractivity contribution in [3.05, 3.63) is 53.6 Å². The molecule has 1 aromatic heterocycles. The van der Waals surface area contributed by atoms with Crippen molar-refractivity contribution >= 4 is 11.9 Å². The maximum Gasteiger partial charge on any atom is 0.308 e. The van der Waals surface area contributed by atoms with Crippen LogP contribution in [-0.2, 0) is 16.1 Å². The lowest BCUT2D eigenvalue weighted by Crippen LogP contribution is -2.30. The number of aryl methyl sites for hydroxylation is 2. The van der Waals surface area contributed by atoms with Crippen molar-refractivity contribution < 1.29 is 19.1 Å². The molecule has 7 heteroatoms. The normalized spacial score (nSPS) is 20.0. The largest absolute Gasteiger partial charge is 0.481 e. The molecule has 3 rings (SSSR count). The molecule has 25 heavy (non-hydrogen) atoms.